The summed E-state index contributed by atoms with van der Waals surface area (Å²) >= 11 is 12.2. The fourth-order valence-corrected chi connectivity index (χ4v) is 2.84. The predicted octanol–water partition coefficient (Wildman–Crippen LogP) is 4.43. The van der Waals surface area contributed by atoms with E-state index in [9.17, 15) is 0 Å². The molecule has 0 unspecified atom stereocenters. The Morgan fingerprint density at radius 3 is 2.57 bits per heavy atom. The molecule has 4 aromatic rings. The van der Waals surface area contributed by atoms with Gasteiger partial charge in [-0.25, -0.2) is 0 Å². The van der Waals surface area contributed by atoms with Gasteiger partial charge >= 0.3 is 0 Å². The van der Waals surface area contributed by atoms with Crippen LogP contribution in [0.25, 0.3) is 28.0 Å². The number of tetrazole rings is 1. The summed E-state index contributed by atoms with van der Waals surface area (Å²) in [4.78, 5) is 3.18. The second-order valence-electron chi connectivity index (χ2n) is 5.26. The van der Waals surface area contributed by atoms with Crippen molar-refractivity contribution in [3.8, 4) is 17.1 Å². The van der Waals surface area contributed by atoms with Crippen LogP contribution in [0.3, 0.4) is 0 Å². The maximum Gasteiger partial charge on any atom is 0.189 e. The Labute approximate surface area is 141 Å². The lowest BCUT2D eigenvalue weighted by Crippen LogP contribution is -1.99. The maximum atomic E-state index is 6.15. The topological polar surface area (TPSA) is 59.4 Å². The third kappa shape index (κ3) is 2.38. The molecule has 2 aromatic carbocycles. The summed E-state index contributed by atoms with van der Waals surface area (Å²) in [5, 5.41) is 14.0. The standard InChI is InChI=1S/C16H11Cl2N5/c1-9-2-4-10(5-3-9)23-16(20-21-22-23)12-8-19-15-7-14(18)13(17)6-11(12)15/h2-8,19H,1H3. The number of H-pyrrole nitrogens is 1. The van der Waals surface area contributed by atoms with Crippen molar-refractivity contribution in [1.82, 2.24) is 25.2 Å². The molecule has 4 rings (SSSR count). The van der Waals surface area contributed by atoms with Gasteiger partial charge in [0, 0.05) is 22.7 Å². The van der Waals surface area contributed by atoms with Gasteiger partial charge in [-0.1, -0.05) is 40.9 Å². The molecule has 0 fully saturated rings. The molecule has 0 saturated heterocycles. The zero-order valence-corrected chi connectivity index (χ0v) is 13.6. The predicted molar refractivity (Wildman–Crippen MR) is 91.2 cm³/mol. The molecule has 7 heteroatoms. The monoisotopic (exact) mass is 343 g/mol. The van der Waals surface area contributed by atoms with Crippen LogP contribution in [0.4, 0.5) is 0 Å². The van der Waals surface area contributed by atoms with Crippen LogP contribution in [0.5, 0.6) is 0 Å². The van der Waals surface area contributed by atoms with Gasteiger partial charge in [0.1, 0.15) is 0 Å². The van der Waals surface area contributed by atoms with E-state index in [1.165, 1.54) is 5.56 Å². The van der Waals surface area contributed by atoms with Crippen LogP contribution in [-0.2, 0) is 0 Å². The van der Waals surface area contributed by atoms with Crippen molar-refractivity contribution in [2.75, 3.05) is 0 Å². The summed E-state index contributed by atoms with van der Waals surface area (Å²) in [7, 11) is 0. The van der Waals surface area contributed by atoms with Crippen LogP contribution in [0.15, 0.2) is 42.6 Å². The van der Waals surface area contributed by atoms with E-state index in [1.54, 1.807) is 10.7 Å². The Morgan fingerprint density at radius 1 is 1.04 bits per heavy atom. The van der Waals surface area contributed by atoms with E-state index in [2.05, 4.69) is 20.5 Å². The lowest BCUT2D eigenvalue weighted by molar-refractivity contribution is 0.791. The summed E-state index contributed by atoms with van der Waals surface area (Å²) in [5.41, 5.74) is 3.82. The molecule has 0 radical (unpaired) electrons. The minimum Gasteiger partial charge on any atom is -0.360 e. The van der Waals surface area contributed by atoms with E-state index >= 15 is 0 Å². The fraction of sp³-hybridized carbons (Fsp3) is 0.0625. The summed E-state index contributed by atoms with van der Waals surface area (Å²) in [6.07, 6.45) is 1.85. The minimum absolute atomic E-state index is 0.495. The highest BCUT2D eigenvalue weighted by atomic mass is 35.5. The van der Waals surface area contributed by atoms with Crippen LogP contribution in [0.2, 0.25) is 10.0 Å². The fourth-order valence-electron chi connectivity index (χ4n) is 2.52. The van der Waals surface area contributed by atoms with Crippen molar-refractivity contribution in [2.45, 2.75) is 6.92 Å². The number of aromatic amines is 1. The van der Waals surface area contributed by atoms with Gasteiger partial charge in [-0.2, -0.15) is 4.68 Å². The average molecular weight is 344 g/mol. The Morgan fingerprint density at radius 2 is 1.78 bits per heavy atom. The van der Waals surface area contributed by atoms with E-state index in [0.29, 0.717) is 15.9 Å². The Bertz CT molecular complexity index is 1000. The molecule has 0 saturated carbocycles. The number of hydrogen-bond acceptors (Lipinski definition) is 3. The molecule has 1 N–H and O–H groups in total. The van der Waals surface area contributed by atoms with Gasteiger partial charge in [0.15, 0.2) is 5.82 Å². The zero-order valence-electron chi connectivity index (χ0n) is 12.1. The molecule has 2 heterocycles. The number of benzene rings is 2. The van der Waals surface area contributed by atoms with Gasteiger partial charge in [-0.15, -0.1) is 5.10 Å². The summed E-state index contributed by atoms with van der Waals surface area (Å²) in [5.74, 6) is 0.637. The van der Waals surface area contributed by atoms with E-state index in [4.69, 9.17) is 23.2 Å². The molecular formula is C16H11Cl2N5. The van der Waals surface area contributed by atoms with Crippen LogP contribution >= 0.6 is 23.2 Å². The second kappa shape index (κ2) is 5.37. The number of halogens is 2. The molecule has 0 aliphatic heterocycles. The van der Waals surface area contributed by atoms with E-state index in [-0.39, 0.29) is 0 Å². The van der Waals surface area contributed by atoms with E-state index in [1.807, 2.05) is 43.5 Å². The SMILES string of the molecule is Cc1ccc(-n2nnnc2-c2c[nH]c3cc(Cl)c(Cl)cc23)cc1. The first-order valence-electron chi connectivity index (χ1n) is 6.95. The maximum absolute atomic E-state index is 6.15. The molecule has 2 aromatic heterocycles. The first kappa shape index (κ1) is 14.2. The van der Waals surface area contributed by atoms with Gasteiger partial charge in [0.05, 0.1) is 15.7 Å². The van der Waals surface area contributed by atoms with Crippen molar-refractivity contribution >= 4 is 34.1 Å². The summed E-state index contributed by atoms with van der Waals surface area (Å²) in [6, 6.07) is 11.6. The molecule has 0 bridgehead atoms. The number of rotatable bonds is 2. The Kier molecular flexibility index (Phi) is 3.32. The number of nitrogens with one attached hydrogen (secondary N) is 1. The van der Waals surface area contributed by atoms with Crippen LogP contribution in [0, 0.1) is 6.92 Å². The first-order valence-corrected chi connectivity index (χ1v) is 7.71. The van der Waals surface area contributed by atoms with Crippen LogP contribution < -0.4 is 0 Å². The van der Waals surface area contributed by atoms with Crippen molar-refractivity contribution < 1.29 is 0 Å². The lowest BCUT2D eigenvalue weighted by Gasteiger charge is -2.04. The molecule has 0 spiro atoms. The number of fused-ring (bicyclic) bond motifs is 1. The molecule has 114 valence electrons. The number of aromatic nitrogens is 5. The summed E-state index contributed by atoms with van der Waals surface area (Å²) < 4.78 is 1.70. The van der Waals surface area contributed by atoms with Crippen LogP contribution in [-0.4, -0.2) is 25.2 Å². The zero-order chi connectivity index (χ0) is 16.0. The highest BCUT2D eigenvalue weighted by Crippen LogP contribution is 2.33. The Hall–Kier alpha value is -2.37. The molecule has 0 aliphatic rings. The second-order valence-corrected chi connectivity index (χ2v) is 6.08. The summed E-state index contributed by atoms with van der Waals surface area (Å²) in [6.45, 7) is 2.04. The Balaban J connectivity index is 1.91. The quantitative estimate of drug-likeness (QED) is 0.585. The van der Waals surface area contributed by atoms with Gasteiger partial charge in [-0.05, 0) is 41.6 Å². The van der Waals surface area contributed by atoms with Crippen molar-refractivity contribution in [3.05, 3.63) is 58.2 Å². The van der Waals surface area contributed by atoms with Crippen molar-refractivity contribution in [1.29, 1.82) is 0 Å². The first-order chi connectivity index (χ1) is 11.1. The molecule has 0 atom stereocenters. The van der Waals surface area contributed by atoms with Crippen molar-refractivity contribution in [2.24, 2.45) is 0 Å². The van der Waals surface area contributed by atoms with Gasteiger partial charge in [-0.3, -0.25) is 0 Å². The lowest BCUT2D eigenvalue weighted by atomic mass is 10.1. The van der Waals surface area contributed by atoms with Gasteiger partial charge in [0.25, 0.3) is 0 Å². The molecule has 23 heavy (non-hydrogen) atoms. The largest absolute Gasteiger partial charge is 0.360 e. The van der Waals surface area contributed by atoms with E-state index < -0.39 is 0 Å². The number of hydrogen-bond donors (Lipinski definition) is 1. The average Bonchev–Trinajstić information content (AvgIpc) is 3.15. The third-order valence-electron chi connectivity index (χ3n) is 3.71. The number of aryl methyl sites for hydroxylation is 1. The van der Waals surface area contributed by atoms with Crippen LogP contribution in [0.1, 0.15) is 5.56 Å². The highest BCUT2D eigenvalue weighted by molar-refractivity contribution is 6.42. The van der Waals surface area contributed by atoms with Crippen molar-refractivity contribution in [3.63, 3.8) is 0 Å². The molecule has 0 aliphatic carbocycles. The smallest absolute Gasteiger partial charge is 0.189 e. The number of nitrogens with zero attached hydrogens (tertiary/aromatic N) is 4. The minimum atomic E-state index is 0.495. The third-order valence-corrected chi connectivity index (χ3v) is 4.43. The van der Waals surface area contributed by atoms with Gasteiger partial charge in [0.2, 0.25) is 0 Å². The molecule has 5 nitrogen and oxygen atoms in total. The molecular weight excluding hydrogens is 333 g/mol. The van der Waals surface area contributed by atoms with Gasteiger partial charge < -0.3 is 4.98 Å². The normalized spacial score (nSPS) is 11.3. The molecule has 0 amide bonds. The van der Waals surface area contributed by atoms with E-state index in [0.717, 1.165) is 22.2 Å². The highest BCUT2D eigenvalue weighted by Gasteiger charge is 2.16.